The third-order valence-electron chi connectivity index (χ3n) is 2.38. The molecule has 0 aromatic heterocycles. The van der Waals surface area contributed by atoms with Crippen LogP contribution in [0.25, 0.3) is 0 Å². The SMILES string of the molecule is COc1ccc(Nc2ccc(N=N)cc2)cc1. The number of ether oxygens (including phenoxy) is 1. The topological polar surface area (TPSA) is 57.5 Å². The molecule has 0 aliphatic heterocycles. The first kappa shape index (κ1) is 11.1. The second kappa shape index (κ2) is 5.12. The molecule has 2 aromatic rings. The molecule has 0 fully saturated rings. The molecule has 0 saturated carbocycles. The molecule has 17 heavy (non-hydrogen) atoms. The van der Waals surface area contributed by atoms with E-state index in [4.69, 9.17) is 10.3 Å². The Kier molecular flexibility index (Phi) is 3.35. The monoisotopic (exact) mass is 227 g/mol. The summed E-state index contributed by atoms with van der Waals surface area (Å²) in [6.45, 7) is 0. The van der Waals surface area contributed by atoms with E-state index in [0.29, 0.717) is 5.69 Å². The van der Waals surface area contributed by atoms with Gasteiger partial charge in [0.1, 0.15) is 5.75 Å². The van der Waals surface area contributed by atoms with Crippen molar-refractivity contribution in [1.82, 2.24) is 0 Å². The molecule has 0 atom stereocenters. The van der Waals surface area contributed by atoms with Crippen LogP contribution in [0.15, 0.2) is 53.6 Å². The molecule has 2 aromatic carbocycles. The first-order chi connectivity index (χ1) is 8.31. The minimum atomic E-state index is 0.644. The fourth-order valence-corrected chi connectivity index (χ4v) is 1.46. The number of hydrogen-bond acceptors (Lipinski definition) is 4. The summed E-state index contributed by atoms with van der Waals surface area (Å²) >= 11 is 0. The molecule has 0 heterocycles. The van der Waals surface area contributed by atoms with E-state index in [1.54, 1.807) is 19.2 Å². The summed E-state index contributed by atoms with van der Waals surface area (Å²) in [7, 11) is 1.64. The Labute approximate surface area is 99.8 Å². The molecular weight excluding hydrogens is 214 g/mol. The van der Waals surface area contributed by atoms with Crippen LogP contribution in [0, 0.1) is 5.53 Å². The van der Waals surface area contributed by atoms with Crippen LogP contribution < -0.4 is 10.1 Å². The van der Waals surface area contributed by atoms with Gasteiger partial charge in [0.15, 0.2) is 0 Å². The van der Waals surface area contributed by atoms with E-state index in [-0.39, 0.29) is 0 Å². The van der Waals surface area contributed by atoms with Gasteiger partial charge in [-0.3, -0.25) is 0 Å². The lowest BCUT2D eigenvalue weighted by Crippen LogP contribution is -1.89. The summed E-state index contributed by atoms with van der Waals surface area (Å²) in [4.78, 5) is 0. The second-order valence-electron chi connectivity index (χ2n) is 3.51. The minimum Gasteiger partial charge on any atom is -0.497 e. The molecule has 0 amide bonds. The molecule has 4 heteroatoms. The highest BCUT2D eigenvalue weighted by atomic mass is 16.5. The smallest absolute Gasteiger partial charge is 0.119 e. The summed E-state index contributed by atoms with van der Waals surface area (Å²) in [6, 6.07) is 15.0. The van der Waals surface area contributed by atoms with Crippen LogP contribution in [0.1, 0.15) is 0 Å². The number of nitrogens with zero attached hydrogens (tertiary/aromatic N) is 1. The maximum Gasteiger partial charge on any atom is 0.119 e. The first-order valence-corrected chi connectivity index (χ1v) is 5.20. The average Bonchev–Trinajstić information content (AvgIpc) is 2.40. The van der Waals surface area contributed by atoms with Crippen LogP contribution in [0.5, 0.6) is 5.75 Å². The molecule has 2 rings (SSSR count). The van der Waals surface area contributed by atoms with Crippen molar-refractivity contribution < 1.29 is 4.74 Å². The van der Waals surface area contributed by atoms with Crippen molar-refractivity contribution in [1.29, 1.82) is 5.53 Å². The van der Waals surface area contributed by atoms with Crippen molar-refractivity contribution in [2.75, 3.05) is 12.4 Å². The van der Waals surface area contributed by atoms with E-state index in [0.717, 1.165) is 17.1 Å². The van der Waals surface area contributed by atoms with Crippen LogP contribution in [0.4, 0.5) is 17.1 Å². The lowest BCUT2D eigenvalue weighted by atomic mass is 10.2. The summed E-state index contributed by atoms with van der Waals surface area (Å²) in [6.07, 6.45) is 0. The fraction of sp³-hybridized carbons (Fsp3) is 0.0769. The van der Waals surface area contributed by atoms with E-state index in [9.17, 15) is 0 Å². The van der Waals surface area contributed by atoms with E-state index in [1.807, 2.05) is 36.4 Å². The quantitative estimate of drug-likeness (QED) is 0.772. The van der Waals surface area contributed by atoms with Gasteiger partial charge in [0.05, 0.1) is 12.8 Å². The maximum atomic E-state index is 6.87. The largest absolute Gasteiger partial charge is 0.497 e. The lowest BCUT2D eigenvalue weighted by molar-refractivity contribution is 0.415. The van der Waals surface area contributed by atoms with Crippen molar-refractivity contribution in [3.63, 3.8) is 0 Å². The van der Waals surface area contributed by atoms with Gasteiger partial charge in [-0.15, -0.1) is 0 Å². The van der Waals surface area contributed by atoms with Crippen molar-refractivity contribution in [3.05, 3.63) is 48.5 Å². The number of methoxy groups -OCH3 is 1. The molecule has 0 bridgehead atoms. The summed E-state index contributed by atoms with van der Waals surface area (Å²) < 4.78 is 5.09. The molecule has 0 saturated heterocycles. The highest BCUT2D eigenvalue weighted by Gasteiger charge is 1.96. The van der Waals surface area contributed by atoms with Crippen LogP contribution in [-0.4, -0.2) is 7.11 Å². The molecule has 0 aliphatic rings. The standard InChI is InChI=1S/C13H13N3O/c1-17-13-8-6-11(7-9-13)15-10-2-4-12(16-14)5-3-10/h2-9,14-15H,1H3. The highest BCUT2D eigenvalue weighted by molar-refractivity contribution is 5.62. The third-order valence-corrected chi connectivity index (χ3v) is 2.38. The van der Waals surface area contributed by atoms with Gasteiger partial charge in [-0.25, -0.2) is 5.53 Å². The highest BCUT2D eigenvalue weighted by Crippen LogP contribution is 2.21. The molecule has 0 radical (unpaired) electrons. The van der Waals surface area contributed by atoms with Gasteiger partial charge in [-0.05, 0) is 48.5 Å². The summed E-state index contributed by atoms with van der Waals surface area (Å²) in [5.41, 5.74) is 9.46. The van der Waals surface area contributed by atoms with Gasteiger partial charge in [-0.1, -0.05) is 0 Å². The zero-order valence-electron chi connectivity index (χ0n) is 9.47. The van der Waals surface area contributed by atoms with E-state index < -0.39 is 0 Å². The Morgan fingerprint density at radius 2 is 1.47 bits per heavy atom. The number of hydrogen-bond donors (Lipinski definition) is 2. The molecule has 0 aliphatic carbocycles. The van der Waals surface area contributed by atoms with Crippen LogP contribution >= 0.6 is 0 Å². The van der Waals surface area contributed by atoms with Crippen LogP contribution in [0.3, 0.4) is 0 Å². The average molecular weight is 227 g/mol. The third kappa shape index (κ3) is 2.81. The Hall–Kier alpha value is -2.36. The van der Waals surface area contributed by atoms with Gasteiger partial charge < -0.3 is 10.1 Å². The second-order valence-corrected chi connectivity index (χ2v) is 3.51. The van der Waals surface area contributed by atoms with Crippen molar-refractivity contribution in [3.8, 4) is 5.75 Å². The molecular formula is C13H13N3O. The van der Waals surface area contributed by atoms with Gasteiger partial charge in [0, 0.05) is 11.4 Å². The molecule has 0 unspecified atom stereocenters. The summed E-state index contributed by atoms with van der Waals surface area (Å²) in [5.74, 6) is 0.832. The van der Waals surface area contributed by atoms with Gasteiger partial charge in [-0.2, -0.15) is 5.11 Å². The van der Waals surface area contributed by atoms with Crippen LogP contribution in [0.2, 0.25) is 0 Å². The predicted octanol–water partition coefficient (Wildman–Crippen LogP) is 4.10. The zero-order valence-corrected chi connectivity index (χ0v) is 9.47. The van der Waals surface area contributed by atoms with Crippen molar-refractivity contribution >= 4 is 17.1 Å². The van der Waals surface area contributed by atoms with E-state index in [1.165, 1.54) is 0 Å². The Bertz CT molecular complexity index is 491. The molecule has 4 nitrogen and oxygen atoms in total. The van der Waals surface area contributed by atoms with Gasteiger partial charge >= 0.3 is 0 Å². The Balaban J connectivity index is 2.10. The fourth-order valence-electron chi connectivity index (χ4n) is 1.46. The molecule has 0 spiro atoms. The van der Waals surface area contributed by atoms with Crippen LogP contribution in [-0.2, 0) is 0 Å². The minimum absolute atomic E-state index is 0.644. The maximum absolute atomic E-state index is 6.87. The predicted molar refractivity (Wildman–Crippen MR) is 67.5 cm³/mol. The van der Waals surface area contributed by atoms with Crippen molar-refractivity contribution in [2.45, 2.75) is 0 Å². The van der Waals surface area contributed by atoms with Crippen molar-refractivity contribution in [2.24, 2.45) is 5.11 Å². The Morgan fingerprint density at radius 1 is 0.941 bits per heavy atom. The number of nitrogens with one attached hydrogen (secondary N) is 2. The number of benzene rings is 2. The van der Waals surface area contributed by atoms with E-state index in [2.05, 4.69) is 10.4 Å². The molecule has 86 valence electrons. The first-order valence-electron chi connectivity index (χ1n) is 5.20. The van der Waals surface area contributed by atoms with Gasteiger partial charge in [0.25, 0.3) is 0 Å². The number of anilines is 2. The zero-order chi connectivity index (χ0) is 12.1. The number of rotatable bonds is 4. The van der Waals surface area contributed by atoms with Gasteiger partial charge in [0.2, 0.25) is 0 Å². The van der Waals surface area contributed by atoms with E-state index >= 15 is 0 Å². The summed E-state index contributed by atoms with van der Waals surface area (Å²) in [5, 5.41) is 6.60. The normalized spacial score (nSPS) is 9.71. The lowest BCUT2D eigenvalue weighted by Gasteiger charge is -2.07. The molecule has 2 N–H and O–H groups in total. The Morgan fingerprint density at radius 3 is 1.94 bits per heavy atom.